The maximum Gasteiger partial charge on any atom is 0.339 e. The third-order valence-corrected chi connectivity index (χ3v) is 7.37. The maximum absolute atomic E-state index is 12.5. The Morgan fingerprint density at radius 3 is 2.66 bits per heavy atom. The lowest BCUT2D eigenvalue weighted by molar-refractivity contribution is -0.132. The van der Waals surface area contributed by atoms with Crippen molar-refractivity contribution in [3.05, 3.63) is 93.6 Å². The Balaban J connectivity index is 1.55. The van der Waals surface area contributed by atoms with E-state index in [0.29, 0.717) is 51.2 Å². The van der Waals surface area contributed by atoms with Crippen molar-refractivity contribution in [3.63, 3.8) is 0 Å². The van der Waals surface area contributed by atoms with Crippen LogP contribution in [0, 0.1) is 0 Å². The van der Waals surface area contributed by atoms with Crippen LogP contribution < -0.4 is 18.9 Å². The molecule has 228 valence electrons. The molecule has 1 aromatic heterocycles. The average Bonchev–Trinajstić information content (AvgIpc) is 3.65. The second-order valence-electron chi connectivity index (χ2n) is 10.1. The van der Waals surface area contributed by atoms with Gasteiger partial charge in [-0.2, -0.15) is 5.10 Å². The summed E-state index contributed by atoms with van der Waals surface area (Å²) in [5, 5.41) is 24.9. The number of carboxylic acid groups (broad SMARTS) is 2. The highest BCUT2D eigenvalue weighted by Gasteiger charge is 2.23. The number of fused-ring (bicyclic) bond motifs is 1. The summed E-state index contributed by atoms with van der Waals surface area (Å²) in [7, 11) is 1.51. The summed E-state index contributed by atoms with van der Waals surface area (Å²) < 4.78 is 24.3. The molecule has 1 aliphatic heterocycles. The number of hydrogen-bond acceptors (Lipinski definition) is 7. The van der Waals surface area contributed by atoms with Gasteiger partial charge in [0, 0.05) is 40.3 Å². The molecule has 2 heterocycles. The molecule has 44 heavy (non-hydrogen) atoms. The predicted octanol–water partition coefficient (Wildman–Crippen LogP) is 6.73. The lowest BCUT2D eigenvalue weighted by atomic mass is 9.98. The number of carboxylic acids is 2. The highest BCUT2D eigenvalue weighted by atomic mass is 35.5. The van der Waals surface area contributed by atoms with Gasteiger partial charge in [-0.15, -0.1) is 0 Å². The molecule has 10 nitrogen and oxygen atoms in total. The molecule has 2 N–H and O–H groups in total. The SMILES string of the molecule is CCCCn1ncc(/C=C(\Cc2cc(OC)c3c(c2)OCO3)C(=O)O)c1-c1ccc(Cl)cc1COc1ccccc1C(=O)O. The third-order valence-electron chi connectivity index (χ3n) is 7.13. The molecule has 0 aliphatic carbocycles. The number of rotatable bonds is 13. The normalized spacial score (nSPS) is 12.3. The van der Waals surface area contributed by atoms with Crippen LogP contribution in [-0.2, 0) is 24.4 Å². The smallest absolute Gasteiger partial charge is 0.339 e. The van der Waals surface area contributed by atoms with E-state index < -0.39 is 11.9 Å². The average molecular weight is 619 g/mol. The fraction of sp³-hybridized carbons (Fsp3) is 0.242. The molecular weight excluding hydrogens is 588 g/mol. The van der Waals surface area contributed by atoms with Gasteiger partial charge in [-0.1, -0.05) is 43.1 Å². The van der Waals surface area contributed by atoms with Crippen LogP contribution in [0.15, 0.2) is 66.4 Å². The Morgan fingerprint density at radius 1 is 1.09 bits per heavy atom. The number of nitrogens with zero attached hydrogens (tertiary/aromatic N) is 2. The number of methoxy groups -OCH3 is 1. The summed E-state index contributed by atoms with van der Waals surface area (Å²) in [5.74, 6) is -0.523. The number of aromatic nitrogens is 2. The zero-order valence-electron chi connectivity index (χ0n) is 24.2. The fourth-order valence-corrected chi connectivity index (χ4v) is 5.19. The first-order valence-electron chi connectivity index (χ1n) is 14.0. The van der Waals surface area contributed by atoms with Gasteiger partial charge >= 0.3 is 11.9 Å². The van der Waals surface area contributed by atoms with Crippen LogP contribution in [0.4, 0.5) is 0 Å². The largest absolute Gasteiger partial charge is 0.493 e. The third kappa shape index (κ3) is 6.65. The van der Waals surface area contributed by atoms with Crippen molar-refractivity contribution in [2.75, 3.05) is 13.9 Å². The van der Waals surface area contributed by atoms with E-state index in [1.165, 1.54) is 13.2 Å². The second kappa shape index (κ2) is 13.6. The van der Waals surface area contributed by atoms with E-state index in [1.807, 2.05) is 10.7 Å². The van der Waals surface area contributed by atoms with Crippen LogP contribution in [0.3, 0.4) is 0 Å². The molecule has 4 aromatic rings. The number of aromatic carboxylic acids is 1. The van der Waals surface area contributed by atoms with E-state index >= 15 is 0 Å². The van der Waals surface area contributed by atoms with E-state index in [9.17, 15) is 19.8 Å². The molecule has 0 saturated carbocycles. The summed E-state index contributed by atoms with van der Waals surface area (Å²) >= 11 is 6.39. The van der Waals surface area contributed by atoms with E-state index in [4.69, 9.17) is 30.5 Å². The highest BCUT2D eigenvalue weighted by molar-refractivity contribution is 6.30. The van der Waals surface area contributed by atoms with Crippen LogP contribution in [0.25, 0.3) is 17.3 Å². The van der Waals surface area contributed by atoms with E-state index in [1.54, 1.807) is 54.7 Å². The molecular formula is C33H31ClN2O8. The molecule has 0 saturated heterocycles. The van der Waals surface area contributed by atoms with Gasteiger partial charge in [-0.3, -0.25) is 4.68 Å². The number of hydrogen-bond donors (Lipinski definition) is 2. The van der Waals surface area contributed by atoms with Crippen molar-refractivity contribution < 1.29 is 38.7 Å². The monoisotopic (exact) mass is 618 g/mol. The molecule has 11 heteroatoms. The highest BCUT2D eigenvalue weighted by Crippen LogP contribution is 2.42. The first-order valence-corrected chi connectivity index (χ1v) is 14.4. The Hall–Kier alpha value is -4.96. The topological polar surface area (TPSA) is 129 Å². The van der Waals surface area contributed by atoms with Crippen molar-refractivity contribution in [1.82, 2.24) is 9.78 Å². The number of aryl methyl sites for hydroxylation is 1. The summed E-state index contributed by atoms with van der Waals surface area (Å²) in [4.78, 5) is 24.2. The minimum atomic E-state index is -1.10. The van der Waals surface area contributed by atoms with E-state index in [0.717, 1.165) is 18.4 Å². The molecule has 0 fully saturated rings. The van der Waals surface area contributed by atoms with Crippen molar-refractivity contribution in [3.8, 4) is 34.3 Å². The number of para-hydroxylation sites is 1. The quantitative estimate of drug-likeness (QED) is 0.157. The summed E-state index contributed by atoms with van der Waals surface area (Å²) in [5.41, 5.74) is 3.56. The van der Waals surface area contributed by atoms with Gasteiger partial charge in [0.2, 0.25) is 12.5 Å². The molecule has 1 aliphatic rings. The molecule has 0 spiro atoms. The summed E-state index contributed by atoms with van der Waals surface area (Å²) in [6.45, 7) is 2.76. The number of aliphatic carboxylic acids is 1. The number of halogens is 1. The zero-order chi connectivity index (χ0) is 31.2. The van der Waals surface area contributed by atoms with Gasteiger partial charge in [0.15, 0.2) is 11.5 Å². The molecule has 0 atom stereocenters. The molecule has 5 rings (SSSR count). The minimum absolute atomic E-state index is 0.0189. The molecule has 0 bridgehead atoms. The standard InChI is InChI=1S/C33H31ClN2O8/c1-3-4-11-36-30(25-10-9-24(34)16-23(25)18-42-27-8-6-5-7-26(27)33(39)40)22(17-35-36)15-21(32(37)38)12-20-13-28(41-2)31-29(14-20)43-19-44-31/h5-10,13-17H,3-4,11-12,18-19H2,1-2H3,(H,37,38)(H,39,40)/b21-15+. The maximum atomic E-state index is 12.5. The predicted molar refractivity (Wildman–Crippen MR) is 164 cm³/mol. The second-order valence-corrected chi connectivity index (χ2v) is 10.5. The van der Waals surface area contributed by atoms with Crippen LogP contribution >= 0.6 is 11.6 Å². The van der Waals surface area contributed by atoms with Gasteiger partial charge in [-0.05, 0) is 54.5 Å². The first kappa shape index (κ1) is 30.5. The summed E-state index contributed by atoms with van der Waals surface area (Å²) in [6, 6.07) is 15.2. The number of ether oxygens (including phenoxy) is 4. The minimum Gasteiger partial charge on any atom is -0.493 e. The van der Waals surface area contributed by atoms with Gasteiger partial charge in [0.1, 0.15) is 17.9 Å². The number of carbonyl (C=O) groups is 2. The van der Waals surface area contributed by atoms with Gasteiger partial charge in [0.05, 0.1) is 19.0 Å². The zero-order valence-corrected chi connectivity index (χ0v) is 25.0. The summed E-state index contributed by atoms with van der Waals surface area (Å²) in [6.07, 6.45) is 5.13. The van der Waals surface area contributed by atoms with Crippen LogP contribution in [0.5, 0.6) is 23.0 Å². The van der Waals surface area contributed by atoms with E-state index in [-0.39, 0.29) is 36.7 Å². The Kier molecular flexibility index (Phi) is 9.40. The first-order chi connectivity index (χ1) is 21.3. The van der Waals surface area contributed by atoms with Crippen molar-refractivity contribution in [1.29, 1.82) is 0 Å². The Labute approximate surface area is 259 Å². The molecule has 0 amide bonds. The van der Waals surface area contributed by atoms with Gasteiger partial charge in [-0.25, -0.2) is 9.59 Å². The molecule has 0 unspecified atom stereocenters. The van der Waals surface area contributed by atoms with Crippen LogP contribution in [0.1, 0.15) is 46.8 Å². The van der Waals surface area contributed by atoms with Crippen molar-refractivity contribution >= 4 is 29.6 Å². The van der Waals surface area contributed by atoms with Crippen LogP contribution in [-0.4, -0.2) is 45.8 Å². The van der Waals surface area contributed by atoms with Crippen molar-refractivity contribution in [2.24, 2.45) is 0 Å². The fourth-order valence-electron chi connectivity index (χ4n) is 5.00. The van der Waals surface area contributed by atoms with Crippen molar-refractivity contribution in [2.45, 2.75) is 39.3 Å². The van der Waals surface area contributed by atoms with Gasteiger partial charge in [0.25, 0.3) is 0 Å². The van der Waals surface area contributed by atoms with E-state index in [2.05, 4.69) is 12.0 Å². The van der Waals surface area contributed by atoms with Crippen LogP contribution in [0.2, 0.25) is 5.02 Å². The lowest BCUT2D eigenvalue weighted by Crippen LogP contribution is -2.08. The Bertz CT molecular complexity index is 1730. The lowest BCUT2D eigenvalue weighted by Gasteiger charge is -2.16. The number of unbranched alkanes of at least 4 members (excludes halogenated alkanes) is 1. The molecule has 3 aromatic carbocycles. The van der Waals surface area contributed by atoms with Gasteiger partial charge < -0.3 is 29.2 Å². The Morgan fingerprint density at radius 2 is 1.91 bits per heavy atom. The number of benzene rings is 3. The molecule has 0 radical (unpaired) electrons.